The Morgan fingerprint density at radius 2 is 0.939 bits per heavy atom. The van der Waals surface area contributed by atoms with Gasteiger partial charge >= 0.3 is 0 Å². The molecule has 0 bridgehead atoms. The van der Waals surface area contributed by atoms with Crippen molar-refractivity contribution in [1.29, 1.82) is 0 Å². The Hall–Kier alpha value is -6.65. The molecule has 4 nitrogen and oxygen atoms in total. The molecule has 0 fully saturated rings. The first kappa shape index (κ1) is 23.6. The summed E-state index contributed by atoms with van der Waals surface area (Å²) in [5, 5.41) is 11.3. The van der Waals surface area contributed by atoms with E-state index in [0.717, 1.165) is 61.3 Å². The second-order valence-electron chi connectivity index (χ2n) is 11.8. The van der Waals surface area contributed by atoms with Gasteiger partial charge in [-0.1, -0.05) is 145 Å². The van der Waals surface area contributed by atoms with Gasteiger partial charge in [0.05, 0.1) is 18.2 Å². The van der Waals surface area contributed by atoms with Gasteiger partial charge in [-0.25, -0.2) is 4.98 Å². The topological polar surface area (TPSA) is 43.1 Å². The molecule has 9 aromatic rings. The van der Waals surface area contributed by atoms with Crippen molar-refractivity contribution in [2.45, 2.75) is 0 Å². The van der Waals surface area contributed by atoms with Crippen LogP contribution in [0.5, 0.6) is 0 Å². The monoisotopic (exact) mass is 631 g/mol. The average molecular weight is 632 g/mol. The Balaban J connectivity index is 1.23. The van der Waals surface area contributed by atoms with Crippen LogP contribution in [-0.2, 0) is 0 Å². The van der Waals surface area contributed by atoms with E-state index in [9.17, 15) is 0 Å². The van der Waals surface area contributed by atoms with Crippen molar-refractivity contribution in [2.75, 3.05) is 0 Å². The molecule has 49 heavy (non-hydrogen) atoms. The number of rotatable bonds is 6. The fourth-order valence-electron chi connectivity index (χ4n) is 6.49. The van der Waals surface area contributed by atoms with Crippen LogP contribution >= 0.6 is 0 Å². The molecule has 3 aromatic heterocycles. The van der Waals surface area contributed by atoms with Gasteiger partial charge in [-0.15, -0.1) is 10.2 Å². The number of aromatic nitrogens is 4. The molecule has 0 spiro atoms. The van der Waals surface area contributed by atoms with E-state index in [1.165, 1.54) is 0 Å². The smallest absolute Gasteiger partial charge is 0.137 e. The van der Waals surface area contributed by atoms with Gasteiger partial charge in [0.25, 0.3) is 0 Å². The molecule has 0 amide bonds. The van der Waals surface area contributed by atoms with Crippen LogP contribution in [0.1, 0.15) is 6.85 Å². The van der Waals surface area contributed by atoms with Gasteiger partial charge in [0.2, 0.25) is 0 Å². The standard InChI is InChI=1S/C45H30N4/c1-4-14-31(15-5-1)36-28-37(30-38(29-36)43-40-21-11-10-20-39(40)42(47-48-43)33-16-6-2-7-17-33)32-23-25-34(26-24-32)44-45(35-18-8-3-9-19-35)49-27-13-12-22-41(49)46-44/h1-30H/i1D,4D,5D,14D,15D. The lowest BCUT2D eigenvalue weighted by molar-refractivity contribution is 1.06. The van der Waals surface area contributed by atoms with Crippen molar-refractivity contribution in [3.05, 3.63) is 182 Å². The van der Waals surface area contributed by atoms with Crippen LogP contribution in [0.2, 0.25) is 0 Å². The largest absolute Gasteiger partial charge is 0.299 e. The molecule has 3 heterocycles. The van der Waals surface area contributed by atoms with Gasteiger partial charge in [0, 0.05) is 39.2 Å². The highest BCUT2D eigenvalue weighted by atomic mass is 15.1. The minimum Gasteiger partial charge on any atom is -0.299 e. The molecule has 0 aliphatic heterocycles. The number of nitrogens with zero attached hydrogens (tertiary/aromatic N) is 4. The maximum Gasteiger partial charge on any atom is 0.137 e. The third-order valence-corrected chi connectivity index (χ3v) is 8.80. The minimum atomic E-state index is -0.434. The van der Waals surface area contributed by atoms with Crippen LogP contribution in [0, 0.1) is 0 Å². The minimum absolute atomic E-state index is 0.121. The van der Waals surface area contributed by atoms with Gasteiger partial charge in [-0.3, -0.25) is 4.40 Å². The average Bonchev–Trinajstić information content (AvgIpc) is 3.62. The molecule has 0 saturated carbocycles. The fourth-order valence-corrected chi connectivity index (χ4v) is 6.49. The molecular weight excluding hydrogens is 597 g/mol. The van der Waals surface area contributed by atoms with E-state index < -0.39 is 6.04 Å². The lowest BCUT2D eigenvalue weighted by Gasteiger charge is -2.14. The summed E-state index contributed by atoms with van der Waals surface area (Å²) >= 11 is 0. The summed E-state index contributed by atoms with van der Waals surface area (Å²) < 4.78 is 44.8. The molecule has 230 valence electrons. The summed E-state index contributed by atoms with van der Waals surface area (Å²) in [6, 6.07) is 46.2. The Bertz CT molecular complexity index is 2840. The molecular formula is C45H30N4. The zero-order valence-corrected chi connectivity index (χ0v) is 26.2. The van der Waals surface area contributed by atoms with E-state index in [1.807, 2.05) is 140 Å². The van der Waals surface area contributed by atoms with E-state index in [-0.39, 0.29) is 29.7 Å². The molecule has 0 saturated heterocycles. The molecule has 0 atom stereocenters. The number of pyridine rings is 1. The summed E-state index contributed by atoms with van der Waals surface area (Å²) in [6.07, 6.45) is 2.02. The fraction of sp³-hybridized carbons (Fsp3) is 0. The van der Waals surface area contributed by atoms with Crippen molar-refractivity contribution in [3.8, 4) is 67.3 Å². The second-order valence-corrected chi connectivity index (χ2v) is 11.8. The first-order chi connectivity index (χ1) is 26.4. The molecule has 0 aliphatic rings. The van der Waals surface area contributed by atoms with Gasteiger partial charge in [-0.2, -0.15) is 0 Å². The Kier molecular flexibility index (Phi) is 5.87. The first-order valence-corrected chi connectivity index (χ1v) is 16.0. The number of hydrogen-bond donors (Lipinski definition) is 0. The van der Waals surface area contributed by atoms with Crippen LogP contribution in [0.15, 0.2) is 182 Å². The molecule has 0 aliphatic carbocycles. The van der Waals surface area contributed by atoms with Crippen LogP contribution in [0.3, 0.4) is 0 Å². The SMILES string of the molecule is [2H]c1c([2H])c([2H])c(-c2cc(-c3ccc(-c4nc5ccccn5c4-c4ccccc4)cc3)cc(-c3nnc(-c4ccccc4)c4ccccc34)c2)c([2H])c1[2H]. The maximum atomic E-state index is 8.83. The summed E-state index contributed by atoms with van der Waals surface area (Å²) in [7, 11) is 0. The van der Waals surface area contributed by atoms with Gasteiger partial charge in [0.1, 0.15) is 17.0 Å². The van der Waals surface area contributed by atoms with E-state index in [0.29, 0.717) is 16.8 Å². The van der Waals surface area contributed by atoms with Crippen molar-refractivity contribution in [3.63, 3.8) is 0 Å². The lowest BCUT2D eigenvalue weighted by Crippen LogP contribution is -1.95. The summed E-state index contributed by atoms with van der Waals surface area (Å²) in [6.45, 7) is 0. The molecule has 0 N–H and O–H groups in total. The quantitative estimate of drug-likeness (QED) is 0.183. The van der Waals surface area contributed by atoms with Crippen LogP contribution in [-0.4, -0.2) is 19.6 Å². The zero-order chi connectivity index (χ0) is 36.9. The highest BCUT2D eigenvalue weighted by Gasteiger charge is 2.17. The third kappa shape index (κ3) is 5.26. The van der Waals surface area contributed by atoms with Gasteiger partial charge < -0.3 is 0 Å². The second kappa shape index (κ2) is 12.2. The number of hydrogen-bond acceptors (Lipinski definition) is 3. The van der Waals surface area contributed by atoms with Crippen LogP contribution in [0.4, 0.5) is 0 Å². The van der Waals surface area contributed by atoms with Gasteiger partial charge in [-0.05, 0) is 52.6 Å². The van der Waals surface area contributed by atoms with Crippen LogP contribution in [0.25, 0.3) is 83.7 Å². The highest BCUT2D eigenvalue weighted by Crippen LogP contribution is 2.38. The van der Waals surface area contributed by atoms with E-state index in [2.05, 4.69) is 16.5 Å². The molecule has 0 unspecified atom stereocenters. The van der Waals surface area contributed by atoms with Crippen molar-refractivity contribution < 1.29 is 6.85 Å². The van der Waals surface area contributed by atoms with Crippen molar-refractivity contribution in [1.82, 2.24) is 19.6 Å². The molecule has 4 heteroatoms. The van der Waals surface area contributed by atoms with Gasteiger partial charge in [0.15, 0.2) is 0 Å². The number of fused-ring (bicyclic) bond motifs is 2. The van der Waals surface area contributed by atoms with Crippen LogP contribution < -0.4 is 0 Å². The third-order valence-electron chi connectivity index (χ3n) is 8.80. The summed E-state index contributed by atoms with van der Waals surface area (Å²) in [4.78, 5) is 5.03. The first-order valence-electron chi connectivity index (χ1n) is 18.5. The number of imidazole rings is 1. The Morgan fingerprint density at radius 1 is 0.408 bits per heavy atom. The summed E-state index contributed by atoms with van der Waals surface area (Å²) in [5.41, 5.74) is 9.98. The van der Waals surface area contributed by atoms with E-state index in [4.69, 9.17) is 22.0 Å². The summed E-state index contributed by atoms with van der Waals surface area (Å²) in [5.74, 6) is 0. The Labute approximate surface area is 291 Å². The molecule has 6 aromatic carbocycles. The maximum absolute atomic E-state index is 8.83. The predicted octanol–water partition coefficient (Wildman–Crippen LogP) is 11.3. The normalized spacial score (nSPS) is 12.7. The zero-order valence-electron chi connectivity index (χ0n) is 31.2. The van der Waals surface area contributed by atoms with Crippen molar-refractivity contribution >= 4 is 16.4 Å². The number of benzene rings is 6. The Morgan fingerprint density at radius 3 is 1.63 bits per heavy atom. The predicted molar refractivity (Wildman–Crippen MR) is 201 cm³/mol. The highest BCUT2D eigenvalue weighted by molar-refractivity contribution is 6.02. The molecule has 0 radical (unpaired) electrons. The molecule has 9 rings (SSSR count). The van der Waals surface area contributed by atoms with E-state index >= 15 is 0 Å². The van der Waals surface area contributed by atoms with Crippen molar-refractivity contribution in [2.24, 2.45) is 0 Å². The lowest BCUT2D eigenvalue weighted by atomic mass is 9.92. The van der Waals surface area contributed by atoms with E-state index in [1.54, 1.807) is 0 Å².